The first kappa shape index (κ1) is 16.5. The molecular weight excluding hydrogens is 252 g/mol. The molecule has 0 fully saturated rings. The van der Waals surface area contributed by atoms with E-state index < -0.39 is 0 Å². The Labute approximate surface area is 121 Å². The van der Waals surface area contributed by atoms with E-state index in [4.69, 9.17) is 0 Å². The van der Waals surface area contributed by atoms with E-state index in [0.717, 1.165) is 25.9 Å². The number of aromatic nitrogens is 1. The Bertz CT molecular complexity index is 465. The number of carbonyl (C=O) groups is 1. The second kappa shape index (κ2) is 7.88. The Morgan fingerprint density at radius 1 is 1.15 bits per heavy atom. The van der Waals surface area contributed by atoms with Crippen molar-refractivity contribution in [2.75, 3.05) is 13.1 Å². The quantitative estimate of drug-likeness (QED) is 0.833. The highest BCUT2D eigenvalue weighted by Gasteiger charge is 2.16. The zero-order chi connectivity index (χ0) is 15.1. The number of H-pyrrole nitrogens is 1. The lowest BCUT2D eigenvalue weighted by molar-refractivity contribution is 0.0740. The van der Waals surface area contributed by atoms with Crippen LogP contribution < -0.4 is 5.56 Å². The first-order chi connectivity index (χ1) is 9.40. The fraction of sp³-hybridized carbons (Fsp3) is 0.625. The predicted molar refractivity (Wildman–Crippen MR) is 81.9 cm³/mol. The summed E-state index contributed by atoms with van der Waals surface area (Å²) in [6.45, 7) is 10.1. The molecule has 0 atom stereocenters. The van der Waals surface area contributed by atoms with E-state index >= 15 is 0 Å². The van der Waals surface area contributed by atoms with Crippen molar-refractivity contribution in [3.05, 3.63) is 34.2 Å². The molecule has 0 bridgehead atoms. The molecule has 0 saturated carbocycles. The molecule has 0 saturated heterocycles. The van der Waals surface area contributed by atoms with Crippen molar-refractivity contribution in [1.82, 2.24) is 9.88 Å². The summed E-state index contributed by atoms with van der Waals surface area (Å²) in [5.74, 6) is 1.07. The number of carbonyl (C=O) groups excluding carboxylic acids is 1. The van der Waals surface area contributed by atoms with Gasteiger partial charge in [-0.25, -0.2) is 0 Å². The normalized spacial score (nSPS) is 11.1. The number of hydrogen-bond acceptors (Lipinski definition) is 2. The molecule has 0 spiro atoms. The Morgan fingerprint density at radius 3 is 2.15 bits per heavy atom. The maximum Gasteiger partial charge on any atom is 0.254 e. The highest BCUT2D eigenvalue weighted by atomic mass is 16.2. The minimum Gasteiger partial charge on any atom is -0.339 e. The lowest BCUT2D eigenvalue weighted by Gasteiger charge is -2.24. The van der Waals surface area contributed by atoms with Gasteiger partial charge in [0.2, 0.25) is 5.56 Å². The average Bonchev–Trinajstić information content (AvgIpc) is 2.37. The van der Waals surface area contributed by atoms with Crippen molar-refractivity contribution < 1.29 is 4.79 Å². The summed E-state index contributed by atoms with van der Waals surface area (Å²) < 4.78 is 0. The third kappa shape index (κ3) is 5.59. The van der Waals surface area contributed by atoms with Gasteiger partial charge >= 0.3 is 0 Å². The summed E-state index contributed by atoms with van der Waals surface area (Å²) in [7, 11) is 0. The van der Waals surface area contributed by atoms with Crippen LogP contribution in [0.1, 0.15) is 50.9 Å². The lowest BCUT2D eigenvalue weighted by Crippen LogP contribution is -2.34. The summed E-state index contributed by atoms with van der Waals surface area (Å²) in [5, 5.41) is 0. The van der Waals surface area contributed by atoms with E-state index in [1.807, 2.05) is 4.90 Å². The van der Waals surface area contributed by atoms with Crippen molar-refractivity contribution in [3.8, 4) is 0 Å². The van der Waals surface area contributed by atoms with Crippen LogP contribution in [0.2, 0.25) is 0 Å². The first-order valence-electron chi connectivity index (χ1n) is 7.38. The van der Waals surface area contributed by atoms with Crippen LogP contribution >= 0.6 is 0 Å². The van der Waals surface area contributed by atoms with Crippen LogP contribution in [0.4, 0.5) is 0 Å². The number of hydrogen-bond donors (Lipinski definition) is 1. The molecule has 0 aliphatic rings. The fourth-order valence-corrected chi connectivity index (χ4v) is 1.90. The molecule has 1 aromatic heterocycles. The van der Waals surface area contributed by atoms with Crippen LogP contribution in [0.25, 0.3) is 0 Å². The van der Waals surface area contributed by atoms with Gasteiger partial charge < -0.3 is 9.88 Å². The van der Waals surface area contributed by atoms with Crippen LogP contribution in [-0.4, -0.2) is 28.9 Å². The summed E-state index contributed by atoms with van der Waals surface area (Å²) in [4.78, 5) is 28.2. The molecule has 1 N–H and O–H groups in total. The van der Waals surface area contributed by atoms with Crippen LogP contribution in [0.5, 0.6) is 0 Å². The minimum atomic E-state index is -0.233. The highest BCUT2D eigenvalue weighted by molar-refractivity contribution is 5.94. The van der Waals surface area contributed by atoms with E-state index in [0.29, 0.717) is 17.4 Å². The second-order valence-corrected chi connectivity index (χ2v) is 6.10. The largest absolute Gasteiger partial charge is 0.339 e. The molecule has 4 nitrogen and oxygen atoms in total. The van der Waals surface area contributed by atoms with Crippen molar-refractivity contribution in [2.24, 2.45) is 11.8 Å². The Balaban J connectivity index is 2.79. The molecule has 4 heteroatoms. The summed E-state index contributed by atoms with van der Waals surface area (Å²) >= 11 is 0. The topological polar surface area (TPSA) is 53.2 Å². The third-order valence-corrected chi connectivity index (χ3v) is 3.26. The Morgan fingerprint density at radius 2 is 1.70 bits per heavy atom. The summed E-state index contributed by atoms with van der Waals surface area (Å²) in [6.07, 6.45) is 3.48. The zero-order valence-corrected chi connectivity index (χ0v) is 13.0. The molecular formula is C16H26N2O2. The van der Waals surface area contributed by atoms with Crippen LogP contribution in [0.3, 0.4) is 0 Å². The number of rotatable bonds is 7. The highest BCUT2D eigenvalue weighted by Crippen LogP contribution is 2.10. The predicted octanol–water partition coefficient (Wildman–Crippen LogP) is 2.91. The molecule has 0 radical (unpaired) electrons. The molecule has 1 aromatic rings. The van der Waals surface area contributed by atoms with E-state index in [1.54, 1.807) is 6.07 Å². The standard InChI is InChI=1S/C16H26N2O2/c1-12(2)6-9-18(10-7-13(3)4)16(20)14-5-8-17-15(19)11-14/h5,8,11-13H,6-7,9-10H2,1-4H3,(H,17,19). The van der Waals surface area contributed by atoms with Crippen LogP contribution in [0, 0.1) is 11.8 Å². The third-order valence-electron chi connectivity index (χ3n) is 3.26. The van der Waals surface area contributed by atoms with E-state index in [1.165, 1.54) is 12.3 Å². The monoisotopic (exact) mass is 278 g/mol. The van der Waals surface area contributed by atoms with Gasteiger partial charge in [-0.3, -0.25) is 9.59 Å². The van der Waals surface area contributed by atoms with Gasteiger partial charge in [0, 0.05) is 30.9 Å². The lowest BCUT2D eigenvalue weighted by atomic mass is 10.1. The van der Waals surface area contributed by atoms with Gasteiger partial charge in [-0.2, -0.15) is 0 Å². The second-order valence-electron chi connectivity index (χ2n) is 6.10. The summed E-state index contributed by atoms with van der Waals surface area (Å²) in [6, 6.07) is 3.04. The fourth-order valence-electron chi connectivity index (χ4n) is 1.90. The molecule has 0 aliphatic heterocycles. The van der Waals surface area contributed by atoms with E-state index in [2.05, 4.69) is 32.7 Å². The Kier molecular flexibility index (Phi) is 6.49. The van der Waals surface area contributed by atoms with Crippen LogP contribution in [-0.2, 0) is 0 Å². The van der Waals surface area contributed by atoms with Gasteiger partial charge in [-0.05, 0) is 30.7 Å². The molecule has 20 heavy (non-hydrogen) atoms. The van der Waals surface area contributed by atoms with Gasteiger partial charge in [0.25, 0.3) is 5.91 Å². The molecule has 1 heterocycles. The summed E-state index contributed by atoms with van der Waals surface area (Å²) in [5.41, 5.74) is 0.241. The number of nitrogens with zero attached hydrogens (tertiary/aromatic N) is 1. The molecule has 112 valence electrons. The number of aromatic amines is 1. The van der Waals surface area contributed by atoms with Gasteiger partial charge in [-0.15, -0.1) is 0 Å². The molecule has 0 unspecified atom stereocenters. The number of pyridine rings is 1. The van der Waals surface area contributed by atoms with Crippen LogP contribution in [0.15, 0.2) is 23.1 Å². The van der Waals surface area contributed by atoms with Crippen molar-refractivity contribution >= 4 is 5.91 Å². The van der Waals surface area contributed by atoms with E-state index in [-0.39, 0.29) is 11.5 Å². The minimum absolute atomic E-state index is 0.0441. The number of nitrogens with one attached hydrogen (secondary N) is 1. The maximum absolute atomic E-state index is 12.5. The number of amides is 1. The van der Waals surface area contributed by atoms with Gasteiger partial charge in [0.05, 0.1) is 0 Å². The SMILES string of the molecule is CC(C)CCN(CCC(C)C)C(=O)c1cc[nH]c(=O)c1. The van der Waals surface area contributed by atoms with Crippen molar-refractivity contribution in [1.29, 1.82) is 0 Å². The van der Waals surface area contributed by atoms with Gasteiger partial charge in [0.15, 0.2) is 0 Å². The average molecular weight is 278 g/mol. The Hall–Kier alpha value is -1.58. The maximum atomic E-state index is 12.5. The smallest absolute Gasteiger partial charge is 0.254 e. The van der Waals surface area contributed by atoms with Gasteiger partial charge in [0.1, 0.15) is 0 Å². The van der Waals surface area contributed by atoms with Crippen molar-refractivity contribution in [2.45, 2.75) is 40.5 Å². The molecule has 1 rings (SSSR count). The zero-order valence-electron chi connectivity index (χ0n) is 13.0. The molecule has 1 amide bonds. The molecule has 0 aliphatic carbocycles. The van der Waals surface area contributed by atoms with Crippen molar-refractivity contribution in [3.63, 3.8) is 0 Å². The van der Waals surface area contributed by atoms with E-state index in [9.17, 15) is 9.59 Å². The van der Waals surface area contributed by atoms with Gasteiger partial charge in [-0.1, -0.05) is 27.7 Å². The first-order valence-corrected chi connectivity index (χ1v) is 7.38. The molecule has 0 aromatic carbocycles.